The quantitative estimate of drug-likeness (QED) is 0.327. The maximum atomic E-state index is 11.3. The molecule has 124 valence electrons. The van der Waals surface area contributed by atoms with Gasteiger partial charge in [0.15, 0.2) is 5.16 Å². The summed E-state index contributed by atoms with van der Waals surface area (Å²) in [5.74, 6) is 1.33. The van der Waals surface area contributed by atoms with E-state index in [0.717, 1.165) is 0 Å². The summed E-state index contributed by atoms with van der Waals surface area (Å²) < 4.78 is 10.0. The molecule has 0 saturated heterocycles. The number of nitrogens with zero attached hydrogens (tertiary/aromatic N) is 3. The van der Waals surface area contributed by atoms with Gasteiger partial charge in [-0.25, -0.2) is 4.98 Å². The molecule has 0 radical (unpaired) electrons. The van der Waals surface area contributed by atoms with Crippen LogP contribution < -0.4 is 5.56 Å². The van der Waals surface area contributed by atoms with E-state index in [4.69, 9.17) is 4.42 Å². The Hall–Kier alpha value is -1.81. The van der Waals surface area contributed by atoms with Gasteiger partial charge in [0, 0.05) is 23.9 Å². The van der Waals surface area contributed by atoms with E-state index in [0.29, 0.717) is 46.3 Å². The molecule has 0 aromatic carbocycles. The van der Waals surface area contributed by atoms with E-state index in [1.807, 2.05) is 0 Å². The highest BCUT2D eigenvalue weighted by atomic mass is 32.2. The third-order valence-corrected chi connectivity index (χ3v) is 4.37. The van der Waals surface area contributed by atoms with Crippen LogP contribution in [0.2, 0.25) is 0 Å². The van der Waals surface area contributed by atoms with Crippen molar-refractivity contribution in [1.29, 1.82) is 0 Å². The van der Waals surface area contributed by atoms with E-state index >= 15 is 0 Å². The number of aryl methyl sites for hydroxylation is 1. The molecule has 0 aliphatic carbocycles. The minimum atomic E-state index is -0.229. The predicted octanol–water partition coefficient (Wildman–Crippen LogP) is 1.80. The zero-order valence-electron chi connectivity index (χ0n) is 12.7. The van der Waals surface area contributed by atoms with Crippen molar-refractivity contribution in [2.45, 2.75) is 35.9 Å². The molecular formula is C13H16N4O4S2. The molecule has 23 heavy (non-hydrogen) atoms. The minimum absolute atomic E-state index is 0.188. The fourth-order valence-electron chi connectivity index (χ4n) is 1.58. The molecule has 0 unspecified atom stereocenters. The third kappa shape index (κ3) is 6.06. The van der Waals surface area contributed by atoms with Crippen molar-refractivity contribution < 1.29 is 13.9 Å². The highest BCUT2D eigenvalue weighted by Crippen LogP contribution is 2.22. The lowest BCUT2D eigenvalue weighted by atomic mass is 10.3. The normalized spacial score (nSPS) is 10.7. The smallest absolute Gasteiger partial charge is 0.305 e. The van der Waals surface area contributed by atoms with Crippen LogP contribution in [0.25, 0.3) is 0 Å². The van der Waals surface area contributed by atoms with Crippen molar-refractivity contribution in [3.05, 3.63) is 28.0 Å². The summed E-state index contributed by atoms with van der Waals surface area (Å²) in [6, 6.07) is 1.43. The van der Waals surface area contributed by atoms with Gasteiger partial charge in [0.1, 0.15) is 0 Å². The van der Waals surface area contributed by atoms with Gasteiger partial charge in [-0.05, 0) is 13.3 Å². The van der Waals surface area contributed by atoms with Crippen molar-refractivity contribution in [2.75, 3.05) is 12.9 Å². The first kappa shape index (κ1) is 17.5. The standard InChI is InChI=1S/C13H16N4O4S2/c1-8-6-9(18)15-12(14-8)23-7-10-16-17-13(21-10)22-5-3-4-11(19)20-2/h6H,3-5,7H2,1-2H3,(H,14,15,18). The van der Waals surface area contributed by atoms with E-state index in [9.17, 15) is 9.59 Å². The molecule has 0 aliphatic rings. The van der Waals surface area contributed by atoms with Crippen LogP contribution in [-0.2, 0) is 15.3 Å². The maximum Gasteiger partial charge on any atom is 0.305 e. The molecule has 0 fully saturated rings. The number of nitrogens with one attached hydrogen (secondary N) is 1. The Kier molecular flexibility index (Phi) is 6.66. The molecule has 2 aromatic heterocycles. The van der Waals surface area contributed by atoms with Gasteiger partial charge in [0.05, 0.1) is 12.9 Å². The van der Waals surface area contributed by atoms with Crippen LogP contribution in [0, 0.1) is 6.92 Å². The number of carbonyl (C=O) groups excluding carboxylic acids is 1. The molecule has 0 aliphatic heterocycles. The fraction of sp³-hybridized carbons (Fsp3) is 0.462. The molecule has 0 atom stereocenters. The molecule has 1 N–H and O–H groups in total. The Morgan fingerprint density at radius 2 is 2.22 bits per heavy atom. The topological polar surface area (TPSA) is 111 Å². The van der Waals surface area contributed by atoms with Crippen LogP contribution >= 0.6 is 23.5 Å². The van der Waals surface area contributed by atoms with Crippen molar-refractivity contribution in [2.24, 2.45) is 0 Å². The first-order chi connectivity index (χ1) is 11.1. The number of methoxy groups -OCH3 is 1. The Morgan fingerprint density at radius 1 is 1.39 bits per heavy atom. The van der Waals surface area contributed by atoms with E-state index in [-0.39, 0.29) is 11.5 Å². The van der Waals surface area contributed by atoms with Gasteiger partial charge in [-0.15, -0.1) is 10.2 Å². The molecule has 0 bridgehead atoms. The van der Waals surface area contributed by atoms with Crippen molar-refractivity contribution in [1.82, 2.24) is 20.2 Å². The summed E-state index contributed by atoms with van der Waals surface area (Å²) in [6.45, 7) is 1.76. The summed E-state index contributed by atoms with van der Waals surface area (Å²) in [5.41, 5.74) is 0.469. The highest BCUT2D eigenvalue weighted by Gasteiger charge is 2.09. The van der Waals surface area contributed by atoms with Crippen LogP contribution in [0.15, 0.2) is 25.7 Å². The summed E-state index contributed by atoms with van der Waals surface area (Å²) in [5, 5.41) is 8.83. The second kappa shape index (κ2) is 8.73. The molecule has 2 heterocycles. The maximum absolute atomic E-state index is 11.3. The molecule has 2 aromatic rings. The molecule has 0 spiro atoms. The lowest BCUT2D eigenvalue weighted by Crippen LogP contribution is -2.08. The van der Waals surface area contributed by atoms with Gasteiger partial charge >= 0.3 is 5.97 Å². The Bertz CT molecular complexity index is 716. The SMILES string of the molecule is COC(=O)CCCSc1nnc(CSc2nc(C)cc(=O)[nH]2)o1. The number of H-pyrrole nitrogens is 1. The Morgan fingerprint density at radius 3 is 2.96 bits per heavy atom. The van der Waals surface area contributed by atoms with Crippen LogP contribution in [0.1, 0.15) is 24.4 Å². The van der Waals surface area contributed by atoms with Crippen molar-refractivity contribution >= 4 is 29.5 Å². The van der Waals surface area contributed by atoms with E-state index in [1.165, 1.54) is 36.7 Å². The monoisotopic (exact) mass is 356 g/mol. The van der Waals surface area contributed by atoms with Gasteiger partial charge in [-0.3, -0.25) is 9.59 Å². The lowest BCUT2D eigenvalue weighted by Gasteiger charge is -1.98. The molecule has 10 heteroatoms. The van der Waals surface area contributed by atoms with Crippen LogP contribution in [0.5, 0.6) is 0 Å². The number of ether oxygens (including phenoxy) is 1. The number of esters is 1. The number of hydrogen-bond donors (Lipinski definition) is 1. The van der Waals surface area contributed by atoms with E-state index in [2.05, 4.69) is 24.9 Å². The predicted molar refractivity (Wildman–Crippen MR) is 85.4 cm³/mol. The van der Waals surface area contributed by atoms with Crippen molar-refractivity contribution in [3.63, 3.8) is 0 Å². The zero-order valence-corrected chi connectivity index (χ0v) is 14.3. The van der Waals surface area contributed by atoms with E-state index in [1.54, 1.807) is 6.92 Å². The Labute approximate surface area is 140 Å². The molecule has 8 nitrogen and oxygen atoms in total. The summed E-state index contributed by atoms with van der Waals surface area (Å²) in [7, 11) is 1.37. The zero-order chi connectivity index (χ0) is 16.7. The number of rotatable bonds is 8. The second-order valence-electron chi connectivity index (χ2n) is 4.47. The van der Waals surface area contributed by atoms with Crippen LogP contribution in [0.3, 0.4) is 0 Å². The first-order valence-electron chi connectivity index (χ1n) is 6.79. The van der Waals surface area contributed by atoms with Crippen LogP contribution in [-0.4, -0.2) is 39.0 Å². The second-order valence-corrected chi connectivity index (χ2v) is 6.48. The number of aromatic amines is 1. The summed E-state index contributed by atoms with van der Waals surface area (Å²) >= 11 is 2.71. The minimum Gasteiger partial charge on any atom is -0.469 e. The molecule has 2 rings (SSSR count). The van der Waals surface area contributed by atoms with Gasteiger partial charge < -0.3 is 14.1 Å². The molecular weight excluding hydrogens is 340 g/mol. The number of carbonyl (C=O) groups is 1. The largest absolute Gasteiger partial charge is 0.469 e. The lowest BCUT2D eigenvalue weighted by molar-refractivity contribution is -0.140. The van der Waals surface area contributed by atoms with Gasteiger partial charge in [0.25, 0.3) is 10.8 Å². The number of aromatic nitrogens is 4. The third-order valence-electron chi connectivity index (χ3n) is 2.61. The van der Waals surface area contributed by atoms with Crippen LogP contribution in [0.4, 0.5) is 0 Å². The average Bonchev–Trinajstić information content (AvgIpc) is 2.96. The summed E-state index contributed by atoms with van der Waals surface area (Å²) in [4.78, 5) is 29.2. The van der Waals surface area contributed by atoms with Gasteiger partial charge in [-0.2, -0.15) is 0 Å². The molecule has 0 saturated carbocycles. The number of thioether (sulfide) groups is 2. The average molecular weight is 356 g/mol. The van der Waals surface area contributed by atoms with Gasteiger partial charge in [0.2, 0.25) is 5.89 Å². The summed E-state index contributed by atoms with van der Waals surface area (Å²) in [6.07, 6.45) is 1.05. The Balaban J connectivity index is 1.78. The highest BCUT2D eigenvalue weighted by molar-refractivity contribution is 7.99. The molecule has 0 amide bonds. The fourth-order valence-corrected chi connectivity index (χ4v) is 3.06. The van der Waals surface area contributed by atoms with E-state index < -0.39 is 0 Å². The van der Waals surface area contributed by atoms with Crippen molar-refractivity contribution in [3.8, 4) is 0 Å². The van der Waals surface area contributed by atoms with Gasteiger partial charge in [-0.1, -0.05) is 23.5 Å². The first-order valence-corrected chi connectivity index (χ1v) is 8.76. The number of hydrogen-bond acceptors (Lipinski definition) is 9.